The molecule has 1 fully saturated rings. The minimum Gasteiger partial charge on any atom is -0.394 e. The van der Waals surface area contributed by atoms with Crippen LogP contribution in [0.3, 0.4) is 0 Å². The summed E-state index contributed by atoms with van der Waals surface area (Å²) in [4.78, 5) is 12.1. The van der Waals surface area contributed by atoms with Gasteiger partial charge in [0.2, 0.25) is 0 Å². The van der Waals surface area contributed by atoms with Crippen LogP contribution in [0.2, 0.25) is 0 Å². The number of carbonyl (C=O) groups excluding carboxylic acids is 1. The summed E-state index contributed by atoms with van der Waals surface area (Å²) in [6.45, 7) is 4.63. The first kappa shape index (κ1) is 22.0. The van der Waals surface area contributed by atoms with Crippen LogP contribution in [0, 0.1) is 11.8 Å². The Bertz CT molecular complexity index is 441. The zero-order valence-corrected chi connectivity index (χ0v) is 15.6. The van der Waals surface area contributed by atoms with E-state index in [0.717, 1.165) is 19.3 Å². The van der Waals surface area contributed by atoms with E-state index in [0.29, 0.717) is 26.1 Å². The molecule has 5 heteroatoms. The lowest BCUT2D eigenvalue weighted by Gasteiger charge is -2.22. The van der Waals surface area contributed by atoms with Gasteiger partial charge >= 0.3 is 0 Å². The average Bonchev–Trinajstić information content (AvgIpc) is 2.82. The summed E-state index contributed by atoms with van der Waals surface area (Å²) in [6, 6.07) is 0. The van der Waals surface area contributed by atoms with Gasteiger partial charge in [-0.15, -0.1) is 0 Å². The molecule has 0 amide bonds. The molecule has 0 bridgehead atoms. The molecule has 5 nitrogen and oxygen atoms in total. The van der Waals surface area contributed by atoms with Crippen LogP contribution in [0.15, 0.2) is 24.3 Å². The molecule has 1 saturated carbocycles. The third-order valence-corrected chi connectivity index (χ3v) is 4.72. The second-order valence-corrected chi connectivity index (χ2v) is 7.16. The van der Waals surface area contributed by atoms with Crippen molar-refractivity contribution in [2.45, 2.75) is 64.1 Å². The van der Waals surface area contributed by atoms with Crippen molar-refractivity contribution in [1.29, 1.82) is 0 Å². The maximum absolute atomic E-state index is 12.1. The van der Waals surface area contributed by atoms with E-state index in [4.69, 9.17) is 9.84 Å². The highest BCUT2D eigenvalue weighted by Gasteiger charge is 2.39. The molecular formula is C20H34O5. The van der Waals surface area contributed by atoms with Gasteiger partial charge in [0.15, 0.2) is 0 Å². The number of unbranched alkanes of at least 4 members (excludes halogenated alkanes) is 1. The number of carbonyl (C=O) groups is 1. The van der Waals surface area contributed by atoms with Gasteiger partial charge in [-0.05, 0) is 26.2 Å². The van der Waals surface area contributed by atoms with Crippen molar-refractivity contribution < 1.29 is 24.9 Å². The highest BCUT2D eigenvalue weighted by molar-refractivity contribution is 5.84. The number of ketones is 1. The molecule has 144 valence electrons. The molecule has 1 aliphatic carbocycles. The van der Waals surface area contributed by atoms with Crippen LogP contribution >= 0.6 is 0 Å². The highest BCUT2D eigenvalue weighted by atomic mass is 16.5. The maximum atomic E-state index is 12.1. The van der Waals surface area contributed by atoms with Crippen molar-refractivity contribution in [3.05, 3.63) is 24.3 Å². The molecule has 1 rings (SSSR count). The molecule has 0 aliphatic heterocycles. The van der Waals surface area contributed by atoms with Crippen molar-refractivity contribution in [2.75, 3.05) is 19.8 Å². The predicted molar refractivity (Wildman–Crippen MR) is 98.2 cm³/mol. The highest BCUT2D eigenvalue weighted by Crippen LogP contribution is 2.33. The Balaban J connectivity index is 2.53. The number of aliphatic hydroxyl groups is 3. The number of hydrogen-bond donors (Lipinski definition) is 3. The Morgan fingerprint density at radius 3 is 2.76 bits per heavy atom. The van der Waals surface area contributed by atoms with Crippen molar-refractivity contribution in [1.82, 2.24) is 0 Å². The molecule has 1 unspecified atom stereocenters. The molecule has 25 heavy (non-hydrogen) atoms. The standard InChI is InChI=1S/C20H34O5/c1-3-4-10-20(2,24)11-7-9-17-16(18(22)15-19(17)23)8-5-6-13-25-14-12-21/h5-7,9,16-17,19,21,23-24H,3-4,8,10-15H2,1-2H3/b6-5-,9-7+/t16-,17-,19-,20?/m0/s1. The Labute approximate surface area is 151 Å². The third kappa shape index (κ3) is 8.27. The number of Topliss-reactive ketones (excluding diaryl/α,β-unsaturated/α-hetero) is 1. The smallest absolute Gasteiger partial charge is 0.139 e. The summed E-state index contributed by atoms with van der Waals surface area (Å²) in [6.07, 6.45) is 11.0. The van der Waals surface area contributed by atoms with Crippen molar-refractivity contribution in [3.63, 3.8) is 0 Å². The van der Waals surface area contributed by atoms with Crippen LogP contribution in [-0.2, 0) is 9.53 Å². The second-order valence-electron chi connectivity index (χ2n) is 7.16. The number of ether oxygens (including phenoxy) is 1. The van der Waals surface area contributed by atoms with Gasteiger partial charge in [0.25, 0.3) is 0 Å². The van der Waals surface area contributed by atoms with E-state index in [-0.39, 0.29) is 30.6 Å². The maximum Gasteiger partial charge on any atom is 0.139 e. The Morgan fingerprint density at radius 1 is 1.32 bits per heavy atom. The van der Waals surface area contributed by atoms with Gasteiger partial charge in [-0.25, -0.2) is 0 Å². The van der Waals surface area contributed by atoms with Gasteiger partial charge in [0.1, 0.15) is 5.78 Å². The van der Waals surface area contributed by atoms with E-state index < -0.39 is 11.7 Å². The first-order chi connectivity index (χ1) is 11.9. The van der Waals surface area contributed by atoms with E-state index in [2.05, 4.69) is 6.92 Å². The van der Waals surface area contributed by atoms with E-state index in [1.807, 2.05) is 31.2 Å². The summed E-state index contributed by atoms with van der Waals surface area (Å²) in [5, 5.41) is 29.1. The fourth-order valence-corrected chi connectivity index (χ4v) is 3.19. The molecular weight excluding hydrogens is 320 g/mol. The van der Waals surface area contributed by atoms with Gasteiger partial charge in [0.05, 0.1) is 31.5 Å². The quantitative estimate of drug-likeness (QED) is 0.370. The summed E-state index contributed by atoms with van der Waals surface area (Å²) >= 11 is 0. The zero-order valence-electron chi connectivity index (χ0n) is 15.6. The first-order valence-corrected chi connectivity index (χ1v) is 9.34. The third-order valence-electron chi connectivity index (χ3n) is 4.72. The number of aliphatic hydroxyl groups excluding tert-OH is 2. The first-order valence-electron chi connectivity index (χ1n) is 9.34. The van der Waals surface area contributed by atoms with Crippen molar-refractivity contribution in [2.24, 2.45) is 11.8 Å². The number of hydrogen-bond acceptors (Lipinski definition) is 5. The zero-order chi connectivity index (χ0) is 18.7. The number of allylic oxidation sites excluding steroid dienone is 1. The Hall–Kier alpha value is -1.01. The van der Waals surface area contributed by atoms with Crippen LogP contribution in [-0.4, -0.2) is 52.6 Å². The van der Waals surface area contributed by atoms with Crippen molar-refractivity contribution in [3.8, 4) is 0 Å². The molecule has 0 aromatic carbocycles. The summed E-state index contributed by atoms with van der Waals surface area (Å²) < 4.78 is 5.14. The topological polar surface area (TPSA) is 87.0 Å². The van der Waals surface area contributed by atoms with E-state index in [1.165, 1.54) is 0 Å². The molecule has 0 aromatic heterocycles. The van der Waals surface area contributed by atoms with Gasteiger partial charge in [-0.2, -0.15) is 0 Å². The minimum absolute atomic E-state index is 0.00392. The minimum atomic E-state index is -0.737. The summed E-state index contributed by atoms with van der Waals surface area (Å²) in [5.41, 5.74) is -0.737. The fourth-order valence-electron chi connectivity index (χ4n) is 3.19. The summed E-state index contributed by atoms with van der Waals surface area (Å²) in [5.74, 6) is -0.334. The van der Waals surface area contributed by atoms with Gasteiger partial charge in [-0.3, -0.25) is 4.79 Å². The van der Waals surface area contributed by atoms with E-state index in [1.54, 1.807) is 0 Å². The monoisotopic (exact) mass is 354 g/mol. The molecule has 0 spiro atoms. The number of rotatable bonds is 12. The largest absolute Gasteiger partial charge is 0.394 e. The van der Waals surface area contributed by atoms with Crippen LogP contribution in [0.5, 0.6) is 0 Å². The van der Waals surface area contributed by atoms with Gasteiger partial charge in [0, 0.05) is 18.3 Å². The Morgan fingerprint density at radius 2 is 2.08 bits per heavy atom. The molecule has 0 radical (unpaired) electrons. The van der Waals surface area contributed by atoms with E-state index >= 15 is 0 Å². The molecule has 4 atom stereocenters. The predicted octanol–water partition coefficient (Wildman–Crippen LogP) is 2.40. The van der Waals surface area contributed by atoms with Crippen LogP contribution < -0.4 is 0 Å². The lowest BCUT2D eigenvalue weighted by molar-refractivity contribution is -0.121. The summed E-state index contributed by atoms with van der Waals surface area (Å²) in [7, 11) is 0. The molecule has 0 heterocycles. The lowest BCUT2D eigenvalue weighted by atomic mass is 9.89. The van der Waals surface area contributed by atoms with Crippen LogP contribution in [0.4, 0.5) is 0 Å². The average molecular weight is 354 g/mol. The van der Waals surface area contributed by atoms with Gasteiger partial charge < -0.3 is 20.1 Å². The van der Waals surface area contributed by atoms with Crippen molar-refractivity contribution >= 4 is 5.78 Å². The Kier molecular flexibility index (Phi) is 10.2. The molecule has 1 aliphatic rings. The normalized spacial score (nSPS) is 26.8. The SMILES string of the molecule is CCCCC(C)(O)C/C=C/[C@H]1[C@H](C/C=C\COCCO)C(=O)C[C@@H]1O. The molecule has 0 aromatic rings. The fraction of sp³-hybridized carbons (Fsp3) is 0.750. The van der Waals surface area contributed by atoms with Crippen LogP contribution in [0.25, 0.3) is 0 Å². The molecule has 0 saturated heterocycles. The molecule has 3 N–H and O–H groups in total. The van der Waals surface area contributed by atoms with Gasteiger partial charge in [-0.1, -0.05) is 44.1 Å². The van der Waals surface area contributed by atoms with E-state index in [9.17, 15) is 15.0 Å². The second kappa shape index (κ2) is 11.6. The van der Waals surface area contributed by atoms with Crippen LogP contribution in [0.1, 0.15) is 52.4 Å². The lowest BCUT2D eigenvalue weighted by Crippen LogP contribution is -2.23.